The number of anilines is 1. The molecule has 1 aliphatic rings. The van der Waals surface area contributed by atoms with Gasteiger partial charge < -0.3 is 15.5 Å². The van der Waals surface area contributed by atoms with E-state index in [1.807, 2.05) is 0 Å². The van der Waals surface area contributed by atoms with Gasteiger partial charge in [-0.25, -0.2) is 9.79 Å². The van der Waals surface area contributed by atoms with Gasteiger partial charge in [-0.15, -0.1) is 0 Å². The molecular weight excluding hydrogens is 465 g/mol. The van der Waals surface area contributed by atoms with Gasteiger partial charge in [0.15, 0.2) is 10.9 Å². The first-order valence-corrected chi connectivity index (χ1v) is 10.7. The van der Waals surface area contributed by atoms with Gasteiger partial charge in [0.2, 0.25) is 11.8 Å². The van der Waals surface area contributed by atoms with Crippen LogP contribution in [0.4, 0.5) is 11.4 Å². The molecule has 0 aliphatic carbocycles. The lowest BCUT2D eigenvalue weighted by molar-refractivity contribution is -0.129. The van der Waals surface area contributed by atoms with E-state index in [1.165, 1.54) is 41.3 Å². The highest BCUT2D eigenvalue weighted by Gasteiger charge is 2.35. The molecular formula is C20H17Cl2N3O5S. The van der Waals surface area contributed by atoms with Crippen LogP contribution in [0, 0.1) is 0 Å². The molecule has 3 rings (SSSR count). The first kappa shape index (κ1) is 22.9. The summed E-state index contributed by atoms with van der Waals surface area (Å²) in [7, 11) is 0. The van der Waals surface area contributed by atoms with Gasteiger partial charge >= 0.3 is 5.97 Å². The molecule has 1 fully saturated rings. The number of hydrogen-bond donors (Lipinski definition) is 3. The normalized spacial score (nSPS) is 17.6. The molecule has 2 aromatic carbocycles. The second-order valence-corrected chi connectivity index (χ2v) is 8.46. The number of amides is 2. The molecule has 1 atom stereocenters. The Morgan fingerprint density at radius 1 is 1.23 bits per heavy atom. The summed E-state index contributed by atoms with van der Waals surface area (Å²) in [6, 6.07) is 8.52. The van der Waals surface area contributed by atoms with Crippen molar-refractivity contribution in [3.05, 3.63) is 52.0 Å². The molecule has 162 valence electrons. The smallest absolute Gasteiger partial charge is 0.335 e. The zero-order valence-electron chi connectivity index (χ0n) is 16.1. The molecule has 3 N–H and O–H groups in total. The Labute approximate surface area is 191 Å². The second-order valence-electron chi connectivity index (χ2n) is 6.47. The van der Waals surface area contributed by atoms with E-state index in [0.717, 1.165) is 11.8 Å². The molecule has 11 heteroatoms. The molecule has 0 saturated carbocycles. The maximum atomic E-state index is 12.7. The molecule has 1 saturated heterocycles. The number of amidine groups is 1. The quantitative estimate of drug-likeness (QED) is 0.582. The van der Waals surface area contributed by atoms with Crippen LogP contribution in [-0.4, -0.2) is 49.9 Å². The van der Waals surface area contributed by atoms with Crippen LogP contribution >= 0.6 is 35.0 Å². The van der Waals surface area contributed by atoms with Crippen LogP contribution in [0.3, 0.4) is 0 Å². The van der Waals surface area contributed by atoms with Gasteiger partial charge in [-0.05, 0) is 43.3 Å². The van der Waals surface area contributed by atoms with Crippen molar-refractivity contribution < 1.29 is 24.6 Å². The van der Waals surface area contributed by atoms with E-state index in [-0.39, 0.29) is 33.7 Å². The molecule has 0 radical (unpaired) electrons. The lowest BCUT2D eigenvalue weighted by Gasteiger charge is -2.31. The molecule has 2 aromatic rings. The third-order valence-electron chi connectivity index (χ3n) is 4.37. The van der Waals surface area contributed by atoms with E-state index in [1.54, 1.807) is 6.92 Å². The number of halogens is 2. The van der Waals surface area contributed by atoms with Crippen LogP contribution in [0.1, 0.15) is 23.7 Å². The third-order valence-corrected chi connectivity index (χ3v) is 6.14. The van der Waals surface area contributed by atoms with Crippen molar-refractivity contribution in [2.75, 3.05) is 11.9 Å². The summed E-state index contributed by atoms with van der Waals surface area (Å²) < 4.78 is 0. The van der Waals surface area contributed by atoms with Crippen LogP contribution < -0.4 is 5.32 Å². The number of phenols is 1. The highest BCUT2D eigenvalue weighted by Crippen LogP contribution is 2.37. The summed E-state index contributed by atoms with van der Waals surface area (Å²) in [6.07, 6.45) is -0.0202. The number of hydrogen-bond acceptors (Lipinski definition) is 6. The number of thioether (sulfide) groups is 1. The minimum absolute atomic E-state index is 0.0149. The van der Waals surface area contributed by atoms with Crippen LogP contribution in [0.5, 0.6) is 5.75 Å². The SMILES string of the molecule is CCN1C(=O)CC(C(=O)Nc2ccc(C(=O)O)cc2)SC1=Nc1cc(Cl)c(O)c(Cl)c1. The van der Waals surface area contributed by atoms with Crippen LogP contribution in [0.15, 0.2) is 41.4 Å². The average Bonchev–Trinajstić information content (AvgIpc) is 2.72. The summed E-state index contributed by atoms with van der Waals surface area (Å²) >= 11 is 13.0. The largest absolute Gasteiger partial charge is 0.505 e. The standard InChI is InChI=1S/C20H17Cl2N3O5S/c1-2-25-16(26)9-15(18(28)23-11-5-3-10(4-6-11)19(29)30)31-20(25)24-12-7-13(21)17(27)14(22)8-12/h3-8,15,27H,2,9H2,1H3,(H,23,28)(H,29,30). The second kappa shape index (κ2) is 9.59. The Hall–Kier alpha value is -2.75. The number of carbonyl (C=O) groups is 3. The maximum absolute atomic E-state index is 12.7. The molecule has 1 unspecified atom stereocenters. The molecule has 0 bridgehead atoms. The maximum Gasteiger partial charge on any atom is 0.335 e. The van der Waals surface area contributed by atoms with Gasteiger partial charge in [-0.1, -0.05) is 35.0 Å². The monoisotopic (exact) mass is 481 g/mol. The number of aromatic hydroxyl groups is 1. The molecule has 0 aromatic heterocycles. The lowest BCUT2D eigenvalue weighted by atomic mass is 10.2. The van der Waals surface area contributed by atoms with Gasteiger partial charge in [0, 0.05) is 18.7 Å². The molecule has 0 spiro atoms. The number of aromatic carboxylic acids is 1. The fourth-order valence-corrected chi connectivity index (χ4v) is 4.44. The van der Waals surface area contributed by atoms with Gasteiger partial charge in [-0.3, -0.25) is 14.5 Å². The zero-order valence-corrected chi connectivity index (χ0v) is 18.5. The minimum atomic E-state index is -1.07. The van der Waals surface area contributed by atoms with Crippen molar-refractivity contribution in [1.29, 1.82) is 0 Å². The number of carboxylic acids is 1. The fourth-order valence-electron chi connectivity index (χ4n) is 2.80. The van der Waals surface area contributed by atoms with Crippen molar-refractivity contribution >= 4 is 69.3 Å². The first-order chi connectivity index (χ1) is 14.7. The number of aliphatic imine (C=N–C) groups is 1. The number of rotatable bonds is 5. The zero-order chi connectivity index (χ0) is 22.7. The molecule has 2 amide bonds. The van der Waals surface area contributed by atoms with E-state index in [2.05, 4.69) is 10.3 Å². The Bertz CT molecular complexity index is 1050. The number of nitrogens with zero attached hydrogens (tertiary/aromatic N) is 2. The van der Waals surface area contributed by atoms with Gasteiger partial charge in [0.05, 0.1) is 21.3 Å². The molecule has 31 heavy (non-hydrogen) atoms. The molecule has 1 aliphatic heterocycles. The number of phenolic OH excluding ortho intramolecular Hbond substituents is 1. The Morgan fingerprint density at radius 2 is 1.84 bits per heavy atom. The van der Waals surface area contributed by atoms with E-state index >= 15 is 0 Å². The predicted molar refractivity (Wildman–Crippen MR) is 121 cm³/mol. The summed E-state index contributed by atoms with van der Waals surface area (Å²) in [5.74, 6) is -2.01. The number of nitrogens with one attached hydrogen (secondary N) is 1. The van der Waals surface area contributed by atoms with Gasteiger partial charge in [0.1, 0.15) is 5.25 Å². The topological polar surface area (TPSA) is 119 Å². The summed E-state index contributed by atoms with van der Waals surface area (Å²) in [4.78, 5) is 42.1. The van der Waals surface area contributed by atoms with E-state index in [9.17, 15) is 19.5 Å². The third kappa shape index (κ3) is 5.30. The van der Waals surface area contributed by atoms with E-state index in [0.29, 0.717) is 23.1 Å². The van der Waals surface area contributed by atoms with Crippen LogP contribution in [0.25, 0.3) is 0 Å². The summed E-state index contributed by atoms with van der Waals surface area (Å²) in [6.45, 7) is 2.14. The molecule has 8 nitrogen and oxygen atoms in total. The lowest BCUT2D eigenvalue weighted by Crippen LogP contribution is -2.45. The Balaban J connectivity index is 1.82. The van der Waals surface area contributed by atoms with Gasteiger partial charge in [-0.2, -0.15) is 0 Å². The molecule has 1 heterocycles. The van der Waals surface area contributed by atoms with E-state index in [4.69, 9.17) is 28.3 Å². The number of benzene rings is 2. The minimum Gasteiger partial charge on any atom is -0.505 e. The Morgan fingerprint density at radius 3 is 2.39 bits per heavy atom. The fraction of sp³-hybridized carbons (Fsp3) is 0.200. The first-order valence-electron chi connectivity index (χ1n) is 9.07. The van der Waals surface area contributed by atoms with Crippen molar-refractivity contribution in [2.24, 2.45) is 4.99 Å². The highest BCUT2D eigenvalue weighted by atomic mass is 35.5. The van der Waals surface area contributed by atoms with Crippen molar-refractivity contribution in [1.82, 2.24) is 4.90 Å². The summed E-state index contributed by atoms with van der Waals surface area (Å²) in [5.41, 5.74) is 0.836. The van der Waals surface area contributed by atoms with Crippen molar-refractivity contribution in [3.63, 3.8) is 0 Å². The van der Waals surface area contributed by atoms with Crippen LogP contribution in [0.2, 0.25) is 10.0 Å². The van der Waals surface area contributed by atoms with Crippen molar-refractivity contribution in [2.45, 2.75) is 18.6 Å². The number of carboxylic acid groups (broad SMARTS) is 1. The predicted octanol–water partition coefficient (Wildman–Crippen LogP) is 4.38. The Kier molecular flexibility index (Phi) is 7.09. The van der Waals surface area contributed by atoms with Crippen LogP contribution in [-0.2, 0) is 9.59 Å². The summed E-state index contributed by atoms with van der Waals surface area (Å²) in [5, 5.41) is 21.0. The van der Waals surface area contributed by atoms with E-state index < -0.39 is 17.1 Å². The highest BCUT2D eigenvalue weighted by molar-refractivity contribution is 8.15. The van der Waals surface area contributed by atoms with Gasteiger partial charge in [0.25, 0.3) is 0 Å². The average molecular weight is 482 g/mol. The number of carbonyl (C=O) groups excluding carboxylic acids is 2. The van der Waals surface area contributed by atoms with Crippen molar-refractivity contribution in [3.8, 4) is 5.75 Å².